The van der Waals surface area contributed by atoms with Crippen LogP contribution >= 0.6 is 0 Å². The Hall–Kier alpha value is -3.22. The molecule has 0 spiro atoms. The molecule has 3 aromatic rings. The predicted molar refractivity (Wildman–Crippen MR) is 93.8 cm³/mol. The van der Waals surface area contributed by atoms with Crippen molar-refractivity contribution in [3.63, 3.8) is 0 Å². The first-order valence-corrected chi connectivity index (χ1v) is 8.06. The van der Waals surface area contributed by atoms with Gasteiger partial charge in [0.25, 0.3) is 0 Å². The molecule has 0 saturated carbocycles. The van der Waals surface area contributed by atoms with Crippen molar-refractivity contribution >= 4 is 5.91 Å². The Balaban J connectivity index is 1.81. The predicted octanol–water partition coefficient (Wildman–Crippen LogP) is 2.61. The number of carbonyl (C=O) groups is 1. The summed E-state index contributed by atoms with van der Waals surface area (Å²) in [5.74, 6) is -1.06. The highest BCUT2D eigenvalue weighted by molar-refractivity contribution is 5.76. The summed E-state index contributed by atoms with van der Waals surface area (Å²) < 4.78 is 19.2. The van der Waals surface area contributed by atoms with E-state index in [9.17, 15) is 14.0 Å². The van der Waals surface area contributed by atoms with E-state index in [-0.39, 0.29) is 24.8 Å². The molecule has 26 heavy (non-hydrogen) atoms. The lowest BCUT2D eigenvalue weighted by atomic mass is 10.1. The van der Waals surface area contributed by atoms with Crippen LogP contribution in [0.2, 0.25) is 0 Å². The first kappa shape index (κ1) is 17.6. The van der Waals surface area contributed by atoms with Crippen LogP contribution in [-0.4, -0.2) is 27.6 Å². The Morgan fingerprint density at radius 1 is 1.23 bits per heavy atom. The van der Waals surface area contributed by atoms with Crippen molar-refractivity contribution in [2.24, 2.45) is 0 Å². The number of aryl methyl sites for hydroxylation is 1. The van der Waals surface area contributed by atoms with Crippen molar-refractivity contribution in [1.29, 1.82) is 0 Å². The molecule has 1 amide bonds. The van der Waals surface area contributed by atoms with Crippen molar-refractivity contribution in [2.75, 3.05) is 7.05 Å². The highest BCUT2D eigenvalue weighted by Crippen LogP contribution is 2.20. The Morgan fingerprint density at radius 2 is 2.00 bits per heavy atom. The number of hydrogen-bond acceptors (Lipinski definition) is 4. The van der Waals surface area contributed by atoms with Gasteiger partial charge in [-0.25, -0.2) is 13.8 Å². The second kappa shape index (κ2) is 7.35. The third-order valence-electron chi connectivity index (χ3n) is 4.10. The van der Waals surface area contributed by atoms with Gasteiger partial charge < -0.3 is 4.90 Å². The quantitative estimate of drug-likeness (QED) is 0.705. The van der Waals surface area contributed by atoms with E-state index in [2.05, 4.69) is 5.16 Å². The summed E-state index contributed by atoms with van der Waals surface area (Å²) in [6, 6.07) is 13.4. The molecule has 0 aliphatic heterocycles. The molecular formula is C19H18FN3O3. The molecule has 1 heterocycles. The molecule has 1 aromatic heterocycles. The fraction of sp³-hybridized carbons (Fsp3) is 0.211. The lowest BCUT2D eigenvalue weighted by Gasteiger charge is -2.17. The van der Waals surface area contributed by atoms with Crippen LogP contribution in [0.1, 0.15) is 11.1 Å². The number of hydrogen-bond donors (Lipinski definition) is 0. The molecular weight excluding hydrogens is 337 g/mol. The van der Waals surface area contributed by atoms with Crippen molar-refractivity contribution in [2.45, 2.75) is 20.0 Å². The van der Waals surface area contributed by atoms with E-state index in [1.54, 1.807) is 19.2 Å². The van der Waals surface area contributed by atoms with Crippen LogP contribution in [0.5, 0.6) is 0 Å². The molecule has 0 unspecified atom stereocenters. The molecule has 0 bridgehead atoms. The topological polar surface area (TPSA) is 68.3 Å². The smallest absolute Gasteiger partial charge is 0.340 e. The number of aromatic nitrogens is 2. The number of nitrogens with zero attached hydrogens (tertiary/aromatic N) is 3. The third kappa shape index (κ3) is 3.72. The molecule has 3 rings (SSSR count). The Kier molecular flexibility index (Phi) is 4.97. The molecule has 7 heteroatoms. The summed E-state index contributed by atoms with van der Waals surface area (Å²) in [5, 5.41) is 3.81. The van der Waals surface area contributed by atoms with Gasteiger partial charge in [0.05, 0.1) is 0 Å². The summed E-state index contributed by atoms with van der Waals surface area (Å²) in [6.45, 7) is 1.91. The van der Waals surface area contributed by atoms with Gasteiger partial charge in [0.2, 0.25) is 5.91 Å². The Bertz CT molecular complexity index is 993. The molecule has 6 nitrogen and oxygen atoms in total. The molecule has 0 aliphatic rings. The van der Waals surface area contributed by atoms with E-state index in [0.717, 1.165) is 11.1 Å². The summed E-state index contributed by atoms with van der Waals surface area (Å²) in [6.07, 6.45) is 0. The summed E-state index contributed by atoms with van der Waals surface area (Å²) >= 11 is 0. The van der Waals surface area contributed by atoms with E-state index in [1.165, 1.54) is 21.6 Å². The van der Waals surface area contributed by atoms with Crippen LogP contribution in [0.4, 0.5) is 4.39 Å². The van der Waals surface area contributed by atoms with Crippen LogP contribution in [0.25, 0.3) is 11.4 Å². The van der Waals surface area contributed by atoms with E-state index < -0.39 is 5.76 Å². The van der Waals surface area contributed by atoms with Crippen LogP contribution < -0.4 is 5.76 Å². The lowest BCUT2D eigenvalue weighted by molar-refractivity contribution is -0.131. The second-order valence-electron chi connectivity index (χ2n) is 6.05. The largest absolute Gasteiger partial charge is 0.442 e. The zero-order valence-electron chi connectivity index (χ0n) is 14.5. The van der Waals surface area contributed by atoms with E-state index in [0.29, 0.717) is 11.4 Å². The van der Waals surface area contributed by atoms with Crippen LogP contribution in [0.3, 0.4) is 0 Å². The maximum Gasteiger partial charge on any atom is 0.442 e. The monoisotopic (exact) mass is 355 g/mol. The molecule has 0 atom stereocenters. The fourth-order valence-corrected chi connectivity index (χ4v) is 2.68. The number of amides is 1. The lowest BCUT2D eigenvalue weighted by Crippen LogP contribution is -2.32. The number of carbonyl (C=O) groups excluding carboxylic acids is 1. The summed E-state index contributed by atoms with van der Waals surface area (Å²) in [7, 11) is 1.60. The fourth-order valence-electron chi connectivity index (χ4n) is 2.68. The van der Waals surface area contributed by atoms with Crippen LogP contribution in [0.15, 0.2) is 57.8 Å². The van der Waals surface area contributed by atoms with Gasteiger partial charge in [0, 0.05) is 19.2 Å². The maximum atomic E-state index is 13.3. The van der Waals surface area contributed by atoms with Gasteiger partial charge in [-0.2, -0.15) is 0 Å². The average molecular weight is 355 g/mol. The SMILES string of the molecule is Cc1ccccc1-c1noc(=O)n1CC(=O)N(C)Cc1cccc(F)c1. The summed E-state index contributed by atoms with van der Waals surface area (Å²) in [5.41, 5.74) is 2.30. The molecule has 0 aliphatic carbocycles. The number of likely N-dealkylation sites (N-methyl/N-ethyl adjacent to an activating group) is 1. The van der Waals surface area contributed by atoms with E-state index >= 15 is 0 Å². The Morgan fingerprint density at radius 3 is 2.73 bits per heavy atom. The molecule has 0 saturated heterocycles. The minimum Gasteiger partial charge on any atom is -0.340 e. The van der Waals surface area contributed by atoms with Crippen molar-refractivity contribution in [3.8, 4) is 11.4 Å². The van der Waals surface area contributed by atoms with Gasteiger partial charge in [-0.05, 0) is 30.2 Å². The van der Waals surface area contributed by atoms with Gasteiger partial charge in [0.15, 0.2) is 5.82 Å². The third-order valence-corrected chi connectivity index (χ3v) is 4.10. The van der Waals surface area contributed by atoms with Crippen LogP contribution in [-0.2, 0) is 17.9 Å². The zero-order valence-corrected chi connectivity index (χ0v) is 14.5. The number of rotatable bonds is 5. The van der Waals surface area contributed by atoms with E-state index in [4.69, 9.17) is 4.52 Å². The van der Waals surface area contributed by atoms with Gasteiger partial charge in [-0.1, -0.05) is 41.6 Å². The highest BCUT2D eigenvalue weighted by atomic mass is 19.1. The van der Waals surface area contributed by atoms with Crippen molar-refractivity contribution < 1.29 is 13.7 Å². The normalized spacial score (nSPS) is 10.7. The standard InChI is InChI=1S/C19H18FN3O3/c1-13-6-3-4-9-16(13)18-21-26-19(25)23(18)12-17(24)22(2)11-14-7-5-8-15(20)10-14/h3-10H,11-12H2,1-2H3. The maximum absolute atomic E-state index is 13.3. The van der Waals surface area contributed by atoms with Crippen molar-refractivity contribution in [3.05, 3.63) is 76.0 Å². The van der Waals surface area contributed by atoms with Gasteiger partial charge >= 0.3 is 5.76 Å². The van der Waals surface area contributed by atoms with E-state index in [1.807, 2.05) is 31.2 Å². The summed E-state index contributed by atoms with van der Waals surface area (Å²) in [4.78, 5) is 25.9. The van der Waals surface area contributed by atoms with Gasteiger partial charge in [0.1, 0.15) is 12.4 Å². The van der Waals surface area contributed by atoms with Gasteiger partial charge in [-0.15, -0.1) is 0 Å². The highest BCUT2D eigenvalue weighted by Gasteiger charge is 2.19. The first-order chi connectivity index (χ1) is 12.5. The zero-order chi connectivity index (χ0) is 18.7. The second-order valence-corrected chi connectivity index (χ2v) is 6.05. The van der Waals surface area contributed by atoms with Crippen LogP contribution in [0, 0.1) is 12.7 Å². The molecule has 0 fully saturated rings. The number of benzene rings is 2. The minimum absolute atomic E-state index is 0.210. The minimum atomic E-state index is -0.698. The average Bonchev–Trinajstić information content (AvgIpc) is 2.96. The molecule has 134 valence electrons. The Labute approximate surface area is 149 Å². The molecule has 0 radical (unpaired) electrons. The molecule has 2 aromatic carbocycles. The molecule has 0 N–H and O–H groups in total. The first-order valence-electron chi connectivity index (χ1n) is 8.06. The van der Waals surface area contributed by atoms with Gasteiger partial charge in [-0.3, -0.25) is 9.32 Å². The number of halogens is 1. The van der Waals surface area contributed by atoms with Crippen molar-refractivity contribution in [1.82, 2.24) is 14.6 Å².